The van der Waals surface area contributed by atoms with Crippen LogP contribution in [0.5, 0.6) is 0 Å². The van der Waals surface area contributed by atoms with Crippen molar-refractivity contribution in [2.75, 3.05) is 36.0 Å². The smallest absolute Gasteiger partial charge is 0.253 e. The Bertz CT molecular complexity index is 1480. The molecule has 1 aromatic heterocycles. The summed E-state index contributed by atoms with van der Waals surface area (Å²) in [7, 11) is 0. The Morgan fingerprint density at radius 3 is 1.90 bits per heavy atom. The first-order valence-corrected chi connectivity index (χ1v) is 13.5. The normalized spacial score (nSPS) is 13.3. The molecule has 4 aromatic carbocycles. The summed E-state index contributed by atoms with van der Waals surface area (Å²) in [6, 6.07) is 37.0. The Morgan fingerprint density at radius 2 is 1.32 bits per heavy atom. The van der Waals surface area contributed by atoms with E-state index in [9.17, 15) is 4.79 Å². The van der Waals surface area contributed by atoms with E-state index in [4.69, 9.17) is 0 Å². The number of anilines is 2. The molecule has 0 aliphatic carbocycles. The molecule has 0 spiro atoms. The van der Waals surface area contributed by atoms with Gasteiger partial charge in [-0.1, -0.05) is 78.9 Å². The number of nitrogens with zero attached hydrogens (tertiary/aromatic N) is 7. The second-order valence-electron chi connectivity index (χ2n) is 9.90. The Hall–Kier alpha value is -4.98. The molecule has 6 rings (SSSR count). The largest absolute Gasteiger partial charge is 0.368 e. The Labute approximate surface area is 234 Å². The number of tetrazole rings is 1. The van der Waals surface area contributed by atoms with E-state index in [2.05, 4.69) is 92.1 Å². The summed E-state index contributed by atoms with van der Waals surface area (Å²) in [5, 5.41) is 12.0. The van der Waals surface area contributed by atoms with Crippen LogP contribution < -0.4 is 9.80 Å². The minimum atomic E-state index is 0.0897. The average Bonchev–Trinajstić information content (AvgIpc) is 3.57. The number of carbonyl (C=O) groups is 1. The van der Waals surface area contributed by atoms with Gasteiger partial charge in [0.05, 0.1) is 11.4 Å². The highest BCUT2D eigenvalue weighted by Gasteiger charge is 2.24. The van der Waals surface area contributed by atoms with Gasteiger partial charge in [0.1, 0.15) is 6.33 Å². The topological polar surface area (TPSA) is 70.4 Å². The van der Waals surface area contributed by atoms with Gasteiger partial charge in [0.2, 0.25) is 0 Å². The quantitative estimate of drug-likeness (QED) is 0.287. The van der Waals surface area contributed by atoms with E-state index >= 15 is 0 Å². The highest BCUT2D eigenvalue weighted by Crippen LogP contribution is 2.32. The minimum absolute atomic E-state index is 0.0897. The molecule has 1 saturated heterocycles. The summed E-state index contributed by atoms with van der Waals surface area (Å²) in [4.78, 5) is 19.7. The summed E-state index contributed by atoms with van der Waals surface area (Å²) in [6.07, 6.45) is 1.63. The lowest BCUT2D eigenvalue weighted by molar-refractivity contribution is 0.0747. The zero-order chi connectivity index (χ0) is 27.1. The van der Waals surface area contributed by atoms with Gasteiger partial charge in [-0.2, -0.15) is 4.68 Å². The average molecular weight is 530 g/mol. The molecule has 0 N–H and O–H groups in total. The van der Waals surface area contributed by atoms with Crippen molar-refractivity contribution in [2.45, 2.75) is 13.1 Å². The van der Waals surface area contributed by atoms with E-state index < -0.39 is 0 Å². The number of hydrogen-bond donors (Lipinski definition) is 0. The molecule has 0 unspecified atom stereocenters. The van der Waals surface area contributed by atoms with Crippen LogP contribution in [0.2, 0.25) is 0 Å². The monoisotopic (exact) mass is 529 g/mol. The van der Waals surface area contributed by atoms with E-state index in [0.29, 0.717) is 13.1 Å². The predicted molar refractivity (Wildman–Crippen MR) is 156 cm³/mol. The van der Waals surface area contributed by atoms with Gasteiger partial charge in [0.25, 0.3) is 5.91 Å². The van der Waals surface area contributed by atoms with Crippen LogP contribution in [0.1, 0.15) is 21.5 Å². The molecule has 40 heavy (non-hydrogen) atoms. The molecule has 8 nitrogen and oxygen atoms in total. The van der Waals surface area contributed by atoms with Gasteiger partial charge >= 0.3 is 0 Å². The third kappa shape index (κ3) is 5.71. The van der Waals surface area contributed by atoms with Crippen molar-refractivity contribution < 1.29 is 4.79 Å². The van der Waals surface area contributed by atoms with Crippen LogP contribution in [0.4, 0.5) is 11.4 Å². The molecular formula is C32H31N7O. The van der Waals surface area contributed by atoms with Gasteiger partial charge < -0.3 is 14.7 Å². The number of hydrogen-bond acceptors (Lipinski definition) is 6. The molecule has 5 aromatic rings. The van der Waals surface area contributed by atoms with Crippen LogP contribution in [0.25, 0.3) is 5.69 Å². The van der Waals surface area contributed by atoms with Crippen molar-refractivity contribution in [3.05, 3.63) is 132 Å². The zero-order valence-corrected chi connectivity index (χ0v) is 22.3. The third-order valence-corrected chi connectivity index (χ3v) is 7.28. The molecule has 2 heterocycles. The van der Waals surface area contributed by atoms with Crippen molar-refractivity contribution in [1.82, 2.24) is 25.1 Å². The van der Waals surface area contributed by atoms with E-state index in [0.717, 1.165) is 48.8 Å². The first kappa shape index (κ1) is 25.3. The Balaban J connectivity index is 1.30. The lowest BCUT2D eigenvalue weighted by Gasteiger charge is -2.37. The van der Waals surface area contributed by atoms with Crippen molar-refractivity contribution in [1.29, 1.82) is 0 Å². The molecule has 8 heteroatoms. The third-order valence-electron chi connectivity index (χ3n) is 7.28. The fourth-order valence-corrected chi connectivity index (χ4v) is 5.19. The first-order valence-electron chi connectivity index (χ1n) is 13.5. The number of carbonyl (C=O) groups excluding carboxylic acids is 1. The maximum Gasteiger partial charge on any atom is 0.253 e. The van der Waals surface area contributed by atoms with Crippen LogP contribution in [-0.2, 0) is 13.1 Å². The SMILES string of the molecule is O=C(c1ccccc1)N1CCN(c2ccc(-n3cnnn3)c(N(Cc3ccccc3)Cc3ccccc3)c2)CC1. The number of rotatable bonds is 8. The molecule has 1 fully saturated rings. The Morgan fingerprint density at radius 1 is 0.725 bits per heavy atom. The molecule has 0 atom stereocenters. The molecule has 1 aliphatic rings. The van der Waals surface area contributed by atoms with Gasteiger partial charge in [-0.25, -0.2) is 0 Å². The minimum Gasteiger partial charge on any atom is -0.368 e. The van der Waals surface area contributed by atoms with Gasteiger partial charge in [-0.05, 0) is 51.9 Å². The highest BCUT2D eigenvalue weighted by atomic mass is 16.2. The van der Waals surface area contributed by atoms with Crippen molar-refractivity contribution in [3.63, 3.8) is 0 Å². The lowest BCUT2D eigenvalue weighted by Crippen LogP contribution is -2.48. The van der Waals surface area contributed by atoms with Crippen LogP contribution in [0.15, 0.2) is 116 Å². The van der Waals surface area contributed by atoms with E-state index in [1.54, 1.807) is 11.0 Å². The summed E-state index contributed by atoms with van der Waals surface area (Å²) in [6.45, 7) is 4.34. The van der Waals surface area contributed by atoms with Gasteiger partial charge in [0.15, 0.2) is 0 Å². The molecule has 1 aliphatic heterocycles. The Kier molecular flexibility index (Phi) is 7.48. The zero-order valence-electron chi connectivity index (χ0n) is 22.3. The molecular weight excluding hydrogens is 498 g/mol. The van der Waals surface area contributed by atoms with Crippen LogP contribution in [0, 0.1) is 0 Å². The lowest BCUT2D eigenvalue weighted by atomic mass is 10.1. The molecule has 1 amide bonds. The maximum absolute atomic E-state index is 13.0. The van der Waals surface area contributed by atoms with Crippen molar-refractivity contribution in [2.24, 2.45) is 0 Å². The molecule has 0 saturated carbocycles. The van der Waals surface area contributed by atoms with Gasteiger partial charge in [-0.15, -0.1) is 5.10 Å². The maximum atomic E-state index is 13.0. The highest BCUT2D eigenvalue weighted by molar-refractivity contribution is 5.94. The summed E-state index contributed by atoms with van der Waals surface area (Å²) in [5.41, 5.74) is 6.25. The van der Waals surface area contributed by atoms with Crippen molar-refractivity contribution in [3.8, 4) is 5.69 Å². The molecule has 0 bridgehead atoms. The van der Waals surface area contributed by atoms with Gasteiger partial charge in [0, 0.05) is 50.5 Å². The van der Waals surface area contributed by atoms with E-state index in [1.165, 1.54) is 11.1 Å². The number of piperazine rings is 1. The summed E-state index contributed by atoms with van der Waals surface area (Å²) in [5.74, 6) is 0.0897. The summed E-state index contributed by atoms with van der Waals surface area (Å²) >= 11 is 0. The predicted octanol–water partition coefficient (Wildman–Crippen LogP) is 4.83. The van der Waals surface area contributed by atoms with Crippen LogP contribution >= 0.6 is 0 Å². The standard InChI is InChI=1S/C32H31N7O/c40-32(28-14-8-3-9-15-28)37-20-18-36(19-21-37)29-16-17-30(39-25-33-34-35-39)31(22-29)38(23-26-10-4-1-5-11-26)24-27-12-6-2-7-13-27/h1-17,22,25H,18-21,23-24H2. The molecule has 0 radical (unpaired) electrons. The fourth-order valence-electron chi connectivity index (χ4n) is 5.19. The number of amides is 1. The fraction of sp³-hybridized carbons (Fsp3) is 0.188. The van der Waals surface area contributed by atoms with Gasteiger partial charge in [-0.3, -0.25) is 4.79 Å². The second-order valence-corrected chi connectivity index (χ2v) is 9.90. The van der Waals surface area contributed by atoms with E-state index in [1.807, 2.05) is 47.4 Å². The van der Waals surface area contributed by atoms with Crippen molar-refractivity contribution >= 4 is 17.3 Å². The van der Waals surface area contributed by atoms with E-state index in [-0.39, 0.29) is 5.91 Å². The first-order chi connectivity index (χ1) is 19.7. The van der Waals surface area contributed by atoms with Crippen LogP contribution in [0.3, 0.4) is 0 Å². The molecule has 200 valence electrons. The number of benzene rings is 4. The second kappa shape index (κ2) is 11.8. The number of aromatic nitrogens is 4. The summed E-state index contributed by atoms with van der Waals surface area (Å²) < 4.78 is 1.72. The van der Waals surface area contributed by atoms with Crippen LogP contribution in [-0.4, -0.2) is 57.2 Å².